The van der Waals surface area contributed by atoms with Gasteiger partial charge in [0.15, 0.2) is 5.78 Å². The van der Waals surface area contributed by atoms with Crippen molar-refractivity contribution in [2.75, 3.05) is 0 Å². The highest BCUT2D eigenvalue weighted by Gasteiger charge is 2.07. The van der Waals surface area contributed by atoms with E-state index in [1.807, 2.05) is 42.0 Å². The molecule has 0 fully saturated rings. The van der Waals surface area contributed by atoms with Gasteiger partial charge in [-0.2, -0.15) is 0 Å². The third-order valence-corrected chi connectivity index (χ3v) is 3.12. The maximum Gasteiger partial charge on any atom is 0.182 e. The molecule has 0 saturated heterocycles. The normalized spacial score (nSPS) is 10.4. The molecule has 3 nitrogen and oxygen atoms in total. The summed E-state index contributed by atoms with van der Waals surface area (Å²) in [6, 6.07) is 7.59. The van der Waals surface area contributed by atoms with E-state index < -0.39 is 0 Å². The average Bonchev–Trinajstić information content (AvgIpc) is 2.65. The Bertz CT molecular complexity index is 502. The number of halogens is 1. The van der Waals surface area contributed by atoms with Gasteiger partial charge in [-0.1, -0.05) is 12.1 Å². The highest BCUT2D eigenvalue weighted by molar-refractivity contribution is 14.1. The van der Waals surface area contributed by atoms with Crippen molar-refractivity contribution >= 4 is 28.4 Å². The lowest BCUT2D eigenvalue weighted by Crippen LogP contribution is -2.10. The summed E-state index contributed by atoms with van der Waals surface area (Å²) in [5.41, 5.74) is 0.744. The van der Waals surface area contributed by atoms with E-state index in [9.17, 15) is 4.79 Å². The number of nitrogens with zero attached hydrogens (tertiary/aromatic N) is 2. The van der Waals surface area contributed by atoms with Crippen molar-refractivity contribution in [2.24, 2.45) is 0 Å². The molecule has 0 aliphatic heterocycles. The lowest BCUT2D eigenvalue weighted by molar-refractivity contribution is 0.0971. The minimum Gasteiger partial charge on any atom is -0.327 e. The first-order chi connectivity index (χ1) is 7.66. The smallest absolute Gasteiger partial charge is 0.182 e. The van der Waals surface area contributed by atoms with Gasteiger partial charge in [-0.3, -0.25) is 4.79 Å². The highest BCUT2D eigenvalue weighted by atomic mass is 127. The zero-order valence-corrected chi connectivity index (χ0v) is 11.0. The summed E-state index contributed by atoms with van der Waals surface area (Å²) in [7, 11) is 0. The van der Waals surface area contributed by atoms with E-state index in [0.717, 1.165) is 15.0 Å². The van der Waals surface area contributed by atoms with Crippen LogP contribution in [-0.2, 0) is 6.54 Å². The Morgan fingerprint density at radius 2 is 2.06 bits per heavy atom. The molecular formula is C12H11IN2O. The number of Topliss-reactive ketones (excluding diaryl/α,β-unsaturated/α-hetero) is 1. The van der Waals surface area contributed by atoms with Crippen molar-refractivity contribution in [1.82, 2.24) is 9.55 Å². The molecule has 0 aliphatic rings. The molecule has 0 amide bonds. The van der Waals surface area contributed by atoms with E-state index in [-0.39, 0.29) is 5.78 Å². The zero-order valence-electron chi connectivity index (χ0n) is 8.85. The lowest BCUT2D eigenvalue weighted by atomic mass is 10.1. The number of aromatic nitrogens is 2. The molecule has 0 unspecified atom stereocenters. The fourth-order valence-corrected chi connectivity index (χ4v) is 1.81. The Labute approximate surface area is 108 Å². The van der Waals surface area contributed by atoms with Gasteiger partial charge in [-0.25, -0.2) is 4.98 Å². The van der Waals surface area contributed by atoms with Crippen LogP contribution in [0.5, 0.6) is 0 Å². The summed E-state index contributed by atoms with van der Waals surface area (Å²) in [6.45, 7) is 2.24. The minimum atomic E-state index is 0.109. The maximum atomic E-state index is 11.9. The predicted octanol–water partition coefficient (Wildman–Crippen LogP) is 2.68. The fourth-order valence-electron chi connectivity index (χ4n) is 1.45. The van der Waals surface area contributed by atoms with Gasteiger partial charge in [0.2, 0.25) is 0 Å². The van der Waals surface area contributed by atoms with E-state index in [2.05, 4.69) is 27.6 Å². The van der Waals surface area contributed by atoms with E-state index in [1.54, 1.807) is 6.20 Å². The highest BCUT2D eigenvalue weighted by Crippen LogP contribution is 2.08. The third-order valence-electron chi connectivity index (χ3n) is 2.40. The number of carbonyl (C=O) groups is 1. The first-order valence-electron chi connectivity index (χ1n) is 4.93. The summed E-state index contributed by atoms with van der Waals surface area (Å²) in [5, 5.41) is 0. The number of imidazole rings is 1. The lowest BCUT2D eigenvalue weighted by Gasteiger charge is -2.04. The number of aryl methyl sites for hydroxylation is 1. The van der Waals surface area contributed by atoms with Gasteiger partial charge in [0.1, 0.15) is 5.82 Å². The molecule has 1 aromatic heterocycles. The van der Waals surface area contributed by atoms with Gasteiger partial charge in [-0.15, -0.1) is 0 Å². The maximum absolute atomic E-state index is 11.9. The van der Waals surface area contributed by atoms with Crippen molar-refractivity contribution in [1.29, 1.82) is 0 Å². The largest absolute Gasteiger partial charge is 0.327 e. The van der Waals surface area contributed by atoms with Crippen molar-refractivity contribution in [3.63, 3.8) is 0 Å². The molecule has 2 aromatic rings. The first-order valence-corrected chi connectivity index (χ1v) is 6.01. The molecule has 4 heteroatoms. The summed E-state index contributed by atoms with van der Waals surface area (Å²) in [4.78, 5) is 16.0. The third kappa shape index (κ3) is 2.49. The SMILES string of the molecule is Cc1nccn1CC(=O)c1ccc(I)cc1. The monoisotopic (exact) mass is 326 g/mol. The molecule has 0 saturated carbocycles. The van der Waals surface area contributed by atoms with Crippen LogP contribution in [0, 0.1) is 10.5 Å². The topological polar surface area (TPSA) is 34.9 Å². The van der Waals surface area contributed by atoms with Crippen LogP contribution in [0.15, 0.2) is 36.7 Å². The zero-order chi connectivity index (χ0) is 11.5. The molecule has 16 heavy (non-hydrogen) atoms. The summed E-state index contributed by atoms with van der Waals surface area (Å²) >= 11 is 2.22. The Morgan fingerprint density at radius 3 is 2.62 bits per heavy atom. The predicted molar refractivity (Wildman–Crippen MR) is 70.5 cm³/mol. The number of hydrogen-bond donors (Lipinski definition) is 0. The van der Waals surface area contributed by atoms with Crippen LogP contribution < -0.4 is 0 Å². The van der Waals surface area contributed by atoms with Crippen molar-refractivity contribution in [2.45, 2.75) is 13.5 Å². The first kappa shape index (κ1) is 11.3. The Kier molecular flexibility index (Phi) is 3.38. The molecular weight excluding hydrogens is 315 g/mol. The molecule has 0 radical (unpaired) electrons. The molecule has 0 aliphatic carbocycles. The fraction of sp³-hybridized carbons (Fsp3) is 0.167. The van der Waals surface area contributed by atoms with Gasteiger partial charge in [0.05, 0.1) is 6.54 Å². The molecule has 2 rings (SSSR count). The van der Waals surface area contributed by atoms with E-state index in [4.69, 9.17) is 0 Å². The van der Waals surface area contributed by atoms with Crippen LogP contribution in [0.1, 0.15) is 16.2 Å². The number of hydrogen-bond acceptors (Lipinski definition) is 2. The second kappa shape index (κ2) is 4.78. The van der Waals surface area contributed by atoms with Crippen LogP contribution in [0.3, 0.4) is 0 Å². The summed E-state index contributed by atoms with van der Waals surface area (Å²) in [5.74, 6) is 0.969. The van der Waals surface area contributed by atoms with E-state index >= 15 is 0 Å². The molecule has 1 heterocycles. The second-order valence-electron chi connectivity index (χ2n) is 3.53. The molecule has 82 valence electrons. The number of rotatable bonds is 3. The molecule has 0 spiro atoms. The van der Waals surface area contributed by atoms with Crippen LogP contribution in [0.4, 0.5) is 0 Å². The summed E-state index contributed by atoms with van der Waals surface area (Å²) < 4.78 is 2.98. The molecule has 0 atom stereocenters. The van der Waals surface area contributed by atoms with Gasteiger partial charge >= 0.3 is 0 Å². The van der Waals surface area contributed by atoms with E-state index in [0.29, 0.717) is 6.54 Å². The van der Waals surface area contributed by atoms with Crippen LogP contribution in [0.25, 0.3) is 0 Å². The minimum absolute atomic E-state index is 0.109. The average molecular weight is 326 g/mol. The molecule has 0 N–H and O–H groups in total. The van der Waals surface area contributed by atoms with Crippen molar-refractivity contribution in [3.05, 3.63) is 51.6 Å². The number of benzene rings is 1. The van der Waals surface area contributed by atoms with Crippen LogP contribution in [0.2, 0.25) is 0 Å². The van der Waals surface area contributed by atoms with Crippen molar-refractivity contribution in [3.8, 4) is 0 Å². The molecule has 1 aromatic carbocycles. The Balaban J connectivity index is 2.15. The second-order valence-corrected chi connectivity index (χ2v) is 4.78. The Morgan fingerprint density at radius 1 is 1.38 bits per heavy atom. The molecule has 0 bridgehead atoms. The van der Waals surface area contributed by atoms with E-state index in [1.165, 1.54) is 0 Å². The Hall–Kier alpha value is -1.17. The van der Waals surface area contributed by atoms with Gasteiger partial charge in [0, 0.05) is 21.5 Å². The van der Waals surface area contributed by atoms with Crippen molar-refractivity contribution < 1.29 is 4.79 Å². The van der Waals surface area contributed by atoms with Crippen LogP contribution >= 0.6 is 22.6 Å². The quantitative estimate of drug-likeness (QED) is 0.642. The van der Waals surface area contributed by atoms with Gasteiger partial charge < -0.3 is 4.57 Å². The summed E-state index contributed by atoms with van der Waals surface area (Å²) in [6.07, 6.45) is 3.52. The van der Waals surface area contributed by atoms with Crippen LogP contribution in [-0.4, -0.2) is 15.3 Å². The standard InChI is InChI=1S/C12H11IN2O/c1-9-14-6-7-15(9)8-12(16)10-2-4-11(13)5-3-10/h2-7H,8H2,1H3. The van der Waals surface area contributed by atoms with Gasteiger partial charge in [-0.05, 0) is 41.6 Å². The number of ketones is 1. The van der Waals surface area contributed by atoms with Gasteiger partial charge in [0.25, 0.3) is 0 Å². The number of carbonyl (C=O) groups excluding carboxylic acids is 1.